The topological polar surface area (TPSA) is 74.6 Å². The number of para-hydroxylation sites is 1. The van der Waals surface area contributed by atoms with Gasteiger partial charge in [0, 0.05) is 5.56 Å². The van der Waals surface area contributed by atoms with Crippen molar-refractivity contribution in [2.45, 2.75) is 13.0 Å². The largest absolute Gasteiger partial charge is 0.481 e. The summed E-state index contributed by atoms with van der Waals surface area (Å²) in [6, 6.07) is 21.2. The van der Waals surface area contributed by atoms with Crippen LogP contribution in [0.1, 0.15) is 12.0 Å². The molecule has 0 spiro atoms. The molecule has 0 aliphatic carbocycles. The van der Waals surface area contributed by atoms with E-state index in [0.717, 1.165) is 11.0 Å². The number of quaternary nitrogens is 1. The number of benzene rings is 2. The lowest BCUT2D eigenvalue weighted by Crippen LogP contribution is -2.39. The average molecular weight is 316 g/mol. The third-order valence-electron chi connectivity index (χ3n) is 3.18. The molecule has 23 heavy (non-hydrogen) atoms. The Labute approximate surface area is 136 Å². The van der Waals surface area contributed by atoms with E-state index in [9.17, 15) is 9.59 Å². The molecule has 2 N–H and O–H groups in total. The van der Waals surface area contributed by atoms with E-state index in [2.05, 4.69) is 74.8 Å². The number of aliphatic carboxylic acids is 2. The van der Waals surface area contributed by atoms with Crippen molar-refractivity contribution in [1.82, 2.24) is 4.48 Å². The van der Waals surface area contributed by atoms with Crippen molar-refractivity contribution in [3.8, 4) is 0 Å². The van der Waals surface area contributed by atoms with Crippen LogP contribution in [0.3, 0.4) is 0 Å². The first-order valence-electron chi connectivity index (χ1n) is 7.17. The molecule has 0 bridgehead atoms. The van der Waals surface area contributed by atoms with Crippen molar-refractivity contribution in [3.63, 3.8) is 0 Å². The summed E-state index contributed by atoms with van der Waals surface area (Å²) in [5.41, 5.74) is 2.71. The summed E-state index contributed by atoms with van der Waals surface area (Å²) in [7, 11) is 4.48. The molecule has 0 radical (unpaired) electrons. The SMILES string of the molecule is C[N+](C)(Cc1ccccc1)c1ccccc1.O=C(O)CC(=O)O. The minimum atomic E-state index is -1.31. The van der Waals surface area contributed by atoms with Crippen LogP contribution in [0.2, 0.25) is 0 Å². The molecule has 5 heteroatoms. The lowest BCUT2D eigenvalue weighted by atomic mass is 10.2. The first-order valence-corrected chi connectivity index (χ1v) is 7.17. The van der Waals surface area contributed by atoms with Crippen molar-refractivity contribution < 1.29 is 19.8 Å². The van der Waals surface area contributed by atoms with Crippen LogP contribution in [-0.4, -0.2) is 36.2 Å². The third-order valence-corrected chi connectivity index (χ3v) is 3.18. The fourth-order valence-corrected chi connectivity index (χ4v) is 2.09. The average Bonchev–Trinajstić information content (AvgIpc) is 2.48. The Bertz CT molecular complexity index is 612. The van der Waals surface area contributed by atoms with Gasteiger partial charge in [0.05, 0.1) is 14.1 Å². The number of carboxylic acids is 2. The zero-order valence-corrected chi connectivity index (χ0v) is 13.3. The first-order chi connectivity index (χ1) is 10.8. The quantitative estimate of drug-likeness (QED) is 0.657. The molecular weight excluding hydrogens is 294 g/mol. The Morgan fingerprint density at radius 1 is 0.826 bits per heavy atom. The summed E-state index contributed by atoms with van der Waals surface area (Å²) in [6.07, 6.45) is -0.806. The van der Waals surface area contributed by atoms with Crippen molar-refractivity contribution in [1.29, 1.82) is 0 Å². The molecular formula is C18H22NO4+. The summed E-state index contributed by atoms with van der Waals surface area (Å²) in [4.78, 5) is 18.9. The van der Waals surface area contributed by atoms with Gasteiger partial charge in [-0.2, -0.15) is 0 Å². The molecule has 0 unspecified atom stereocenters. The van der Waals surface area contributed by atoms with E-state index in [4.69, 9.17) is 10.2 Å². The van der Waals surface area contributed by atoms with Gasteiger partial charge in [0.15, 0.2) is 0 Å². The van der Waals surface area contributed by atoms with Gasteiger partial charge >= 0.3 is 11.9 Å². The maximum Gasteiger partial charge on any atom is 0.314 e. The molecule has 2 rings (SSSR count). The van der Waals surface area contributed by atoms with Gasteiger partial charge in [0.25, 0.3) is 0 Å². The Balaban J connectivity index is 0.000000322. The van der Waals surface area contributed by atoms with Crippen LogP contribution in [0, 0.1) is 0 Å². The van der Waals surface area contributed by atoms with Gasteiger partial charge in [0.1, 0.15) is 18.7 Å². The van der Waals surface area contributed by atoms with Crippen molar-refractivity contribution in [2.75, 3.05) is 14.1 Å². The fourth-order valence-electron chi connectivity index (χ4n) is 2.09. The number of carboxylic acid groups (broad SMARTS) is 2. The highest BCUT2D eigenvalue weighted by molar-refractivity contribution is 5.88. The second kappa shape index (κ2) is 8.70. The number of carbonyl (C=O) groups is 2. The van der Waals surface area contributed by atoms with Crippen LogP contribution in [0.5, 0.6) is 0 Å². The predicted octanol–water partition coefficient (Wildman–Crippen LogP) is 3.00. The monoisotopic (exact) mass is 316 g/mol. The standard InChI is InChI=1S/C15H18N.C3H4O4/c1-16(2,15-11-7-4-8-12-15)13-14-9-5-3-6-10-14;4-2(5)1-3(6)7/h3-12H,13H2,1-2H3;1H2,(H,4,5)(H,6,7)/q+1;. The minimum absolute atomic E-state index is 0.806. The maximum atomic E-state index is 9.43. The highest BCUT2D eigenvalue weighted by Crippen LogP contribution is 2.21. The van der Waals surface area contributed by atoms with Gasteiger partial charge in [-0.05, 0) is 12.1 Å². The summed E-state index contributed by atoms with van der Waals surface area (Å²) in [6.45, 7) is 1.02. The summed E-state index contributed by atoms with van der Waals surface area (Å²) in [5, 5.41) is 15.4. The summed E-state index contributed by atoms with van der Waals surface area (Å²) in [5.74, 6) is -2.62. The second-order valence-corrected chi connectivity index (χ2v) is 5.63. The highest BCUT2D eigenvalue weighted by Gasteiger charge is 2.18. The van der Waals surface area contributed by atoms with Crippen LogP contribution in [0.25, 0.3) is 0 Å². The molecule has 0 fully saturated rings. The summed E-state index contributed by atoms with van der Waals surface area (Å²) < 4.78 is 0.880. The first kappa shape index (κ1) is 18.4. The van der Waals surface area contributed by atoms with E-state index in [1.807, 2.05) is 0 Å². The van der Waals surface area contributed by atoms with E-state index in [-0.39, 0.29) is 0 Å². The number of hydrogen-bond acceptors (Lipinski definition) is 2. The number of nitrogens with zero attached hydrogens (tertiary/aromatic N) is 1. The Morgan fingerprint density at radius 2 is 1.26 bits per heavy atom. The number of hydrogen-bond donors (Lipinski definition) is 2. The smallest absolute Gasteiger partial charge is 0.314 e. The molecule has 0 atom stereocenters. The van der Waals surface area contributed by atoms with E-state index < -0.39 is 18.4 Å². The van der Waals surface area contributed by atoms with Crippen molar-refractivity contribution in [2.24, 2.45) is 0 Å². The predicted molar refractivity (Wildman–Crippen MR) is 90.1 cm³/mol. The van der Waals surface area contributed by atoms with E-state index >= 15 is 0 Å². The van der Waals surface area contributed by atoms with Crippen molar-refractivity contribution >= 4 is 17.6 Å². The van der Waals surface area contributed by atoms with Crippen LogP contribution < -0.4 is 4.48 Å². The molecule has 5 nitrogen and oxygen atoms in total. The normalized spacial score (nSPS) is 10.3. The Morgan fingerprint density at radius 3 is 1.65 bits per heavy atom. The van der Waals surface area contributed by atoms with Gasteiger partial charge in [0.2, 0.25) is 0 Å². The molecule has 0 saturated heterocycles. The molecule has 0 aliphatic rings. The van der Waals surface area contributed by atoms with E-state index in [0.29, 0.717) is 0 Å². The lowest BCUT2D eigenvalue weighted by molar-refractivity contribution is -0.147. The zero-order valence-electron chi connectivity index (χ0n) is 13.3. The number of rotatable bonds is 5. The fraction of sp³-hybridized carbons (Fsp3) is 0.222. The zero-order chi connectivity index (χ0) is 17.3. The van der Waals surface area contributed by atoms with E-state index in [1.165, 1.54) is 11.3 Å². The minimum Gasteiger partial charge on any atom is -0.481 e. The molecule has 0 aliphatic heterocycles. The molecule has 0 saturated carbocycles. The molecule has 0 amide bonds. The van der Waals surface area contributed by atoms with Crippen LogP contribution in [-0.2, 0) is 16.1 Å². The summed E-state index contributed by atoms with van der Waals surface area (Å²) >= 11 is 0. The molecule has 2 aromatic rings. The maximum absolute atomic E-state index is 9.43. The van der Waals surface area contributed by atoms with Crippen molar-refractivity contribution in [3.05, 3.63) is 66.2 Å². The lowest BCUT2D eigenvalue weighted by Gasteiger charge is -2.29. The Kier molecular flexibility index (Phi) is 6.96. The molecule has 2 aromatic carbocycles. The molecule has 122 valence electrons. The van der Waals surface area contributed by atoms with Crippen LogP contribution >= 0.6 is 0 Å². The third kappa shape index (κ3) is 7.24. The van der Waals surface area contributed by atoms with Gasteiger partial charge in [-0.3, -0.25) is 14.1 Å². The highest BCUT2D eigenvalue weighted by atomic mass is 16.4. The molecule has 0 aromatic heterocycles. The van der Waals surface area contributed by atoms with E-state index in [1.54, 1.807) is 0 Å². The molecule has 0 heterocycles. The van der Waals surface area contributed by atoms with Gasteiger partial charge < -0.3 is 10.2 Å². The van der Waals surface area contributed by atoms with Crippen LogP contribution in [0.15, 0.2) is 60.7 Å². The van der Waals surface area contributed by atoms with Gasteiger partial charge in [-0.15, -0.1) is 0 Å². The van der Waals surface area contributed by atoms with Gasteiger partial charge in [-0.1, -0.05) is 48.5 Å². The van der Waals surface area contributed by atoms with Gasteiger partial charge in [-0.25, -0.2) is 0 Å². The van der Waals surface area contributed by atoms with Crippen LogP contribution in [0.4, 0.5) is 5.69 Å². The Hall–Kier alpha value is -2.66. The second-order valence-electron chi connectivity index (χ2n) is 5.63.